The molecule has 1 aromatic rings. The number of nitrogens with zero attached hydrogens (tertiary/aromatic N) is 1. The van der Waals surface area contributed by atoms with Crippen molar-refractivity contribution in [2.75, 3.05) is 0 Å². The van der Waals surface area contributed by atoms with Crippen molar-refractivity contribution in [3.8, 4) is 0 Å². The SMILES string of the molecule is CC=CN=[SiH][si]1ccc[nH]1. The lowest BCUT2D eigenvalue weighted by Crippen LogP contribution is -1.98. The minimum absolute atomic E-state index is 0.246. The molecule has 0 aliphatic rings. The van der Waals surface area contributed by atoms with E-state index in [1.165, 1.54) is 0 Å². The van der Waals surface area contributed by atoms with Gasteiger partial charge in [0.1, 0.15) is 8.83 Å². The zero-order valence-corrected chi connectivity index (χ0v) is 8.07. The molecule has 0 amide bonds. The molecule has 52 valence electrons. The molecule has 0 spiro atoms. The van der Waals surface area contributed by atoms with E-state index >= 15 is 0 Å². The first-order valence-corrected chi connectivity index (χ1v) is 7.11. The number of aromatic nitrogens is 1. The molecule has 1 aromatic heterocycles. The summed E-state index contributed by atoms with van der Waals surface area (Å²) in [5.41, 5.74) is 2.24. The summed E-state index contributed by atoms with van der Waals surface area (Å²) in [5.74, 6) is 0. The van der Waals surface area contributed by atoms with E-state index in [-0.39, 0.29) is 8.83 Å². The quantitative estimate of drug-likeness (QED) is 0.634. The van der Waals surface area contributed by atoms with Gasteiger partial charge in [0.2, 0.25) is 0 Å². The maximum Gasteiger partial charge on any atom is 0.151 e. The normalized spacial score (nSPS) is 11.7. The van der Waals surface area contributed by atoms with Crippen LogP contribution in [0.4, 0.5) is 0 Å². The molecule has 0 unspecified atom stereocenters. The highest BCUT2D eigenvalue weighted by Crippen LogP contribution is 1.76. The van der Waals surface area contributed by atoms with Crippen LogP contribution in [0, 0.1) is 0 Å². The van der Waals surface area contributed by atoms with Crippen LogP contribution < -0.4 is 0 Å². The second-order valence-electron chi connectivity index (χ2n) is 1.89. The molecular weight excluding hydrogens is 156 g/mol. The number of hydrogen-bond donors (Lipinski definition) is 1. The Bertz CT molecular complexity index is 226. The summed E-state index contributed by atoms with van der Waals surface area (Å²) in [6, 6.07) is 2.08. The summed E-state index contributed by atoms with van der Waals surface area (Å²) < 4.78 is 7.58. The average molecular weight is 166 g/mol. The second kappa shape index (κ2) is 4.24. The molecule has 0 atom stereocenters. The Kier molecular flexibility index (Phi) is 3.18. The lowest BCUT2D eigenvalue weighted by atomic mass is 10.7. The van der Waals surface area contributed by atoms with Crippen LogP contribution in [-0.4, -0.2) is 21.6 Å². The van der Waals surface area contributed by atoms with Crippen LogP contribution in [-0.2, 0) is 0 Å². The summed E-state index contributed by atoms with van der Waals surface area (Å²) in [5, 5.41) is 0. The third-order valence-corrected chi connectivity index (χ3v) is 5.08. The van der Waals surface area contributed by atoms with E-state index in [0.717, 1.165) is 0 Å². The van der Waals surface area contributed by atoms with Crippen LogP contribution in [0.5, 0.6) is 0 Å². The van der Waals surface area contributed by atoms with E-state index in [4.69, 9.17) is 0 Å². The molecule has 1 N–H and O–H groups in total. The molecule has 0 aliphatic heterocycles. The van der Waals surface area contributed by atoms with Crippen molar-refractivity contribution in [1.29, 1.82) is 0 Å². The van der Waals surface area contributed by atoms with Gasteiger partial charge in [0.05, 0.1) is 0 Å². The zero-order chi connectivity index (χ0) is 7.23. The highest BCUT2D eigenvalue weighted by Gasteiger charge is 1.84. The molecule has 0 aliphatic carbocycles. The third-order valence-electron chi connectivity index (χ3n) is 1.07. The van der Waals surface area contributed by atoms with Crippen LogP contribution in [0.25, 0.3) is 0 Å². The topological polar surface area (TPSA) is 28.1 Å². The van der Waals surface area contributed by atoms with Crippen molar-refractivity contribution in [3.05, 3.63) is 30.2 Å². The number of aromatic amines is 1. The van der Waals surface area contributed by atoms with E-state index in [1.807, 2.05) is 25.4 Å². The first-order valence-electron chi connectivity index (χ1n) is 3.21. The van der Waals surface area contributed by atoms with E-state index in [9.17, 15) is 0 Å². The fourth-order valence-corrected chi connectivity index (χ4v) is 3.75. The molecule has 0 saturated heterocycles. The summed E-state index contributed by atoms with van der Waals surface area (Å²) in [6.45, 7) is 1.99. The van der Waals surface area contributed by atoms with Crippen molar-refractivity contribution in [2.45, 2.75) is 6.92 Å². The second-order valence-corrected chi connectivity index (χ2v) is 6.62. The number of allylic oxidation sites excluding steroid dienone is 1. The summed E-state index contributed by atoms with van der Waals surface area (Å²) in [4.78, 5) is 0. The Morgan fingerprint density at radius 2 is 2.60 bits per heavy atom. The molecule has 4 heteroatoms. The van der Waals surface area contributed by atoms with E-state index in [1.54, 1.807) is 0 Å². The van der Waals surface area contributed by atoms with Crippen molar-refractivity contribution in [1.82, 2.24) is 4.64 Å². The van der Waals surface area contributed by atoms with Gasteiger partial charge in [-0.2, -0.15) is 0 Å². The summed E-state index contributed by atoms with van der Waals surface area (Å²) >= 11 is 0. The molecule has 0 saturated carbocycles. The Hall–Kier alpha value is -0.616. The van der Waals surface area contributed by atoms with Gasteiger partial charge in [-0.15, -0.1) is 0 Å². The Morgan fingerprint density at radius 1 is 1.70 bits per heavy atom. The fraction of sp³-hybridized carbons (Fsp3) is 0.167. The van der Waals surface area contributed by atoms with E-state index in [2.05, 4.69) is 21.0 Å². The van der Waals surface area contributed by atoms with Crippen LogP contribution >= 0.6 is 0 Å². The molecular formula is C6H10N2Si2. The van der Waals surface area contributed by atoms with Gasteiger partial charge in [-0.1, -0.05) is 11.8 Å². The lowest BCUT2D eigenvalue weighted by molar-refractivity contribution is 1.55. The maximum atomic E-state index is 4.29. The fourth-order valence-electron chi connectivity index (χ4n) is 0.634. The Morgan fingerprint density at radius 3 is 3.20 bits per heavy atom. The standard InChI is InChI=1S/C6H10N2Si2/c1-2-4-7-9-10-6-3-5-8-10/h2-6,8-9H,1H3. The van der Waals surface area contributed by atoms with Gasteiger partial charge in [-0.3, -0.25) is 0 Å². The highest BCUT2D eigenvalue weighted by atomic mass is 29.1. The molecule has 0 bridgehead atoms. The van der Waals surface area contributed by atoms with Crippen LogP contribution in [0.2, 0.25) is 0 Å². The smallest absolute Gasteiger partial charge is 0.151 e. The largest absolute Gasteiger partial charge is 0.397 e. The van der Waals surface area contributed by atoms with Gasteiger partial charge in [-0.25, -0.2) is 0 Å². The average Bonchev–Trinajstić information content (AvgIpc) is 2.41. The van der Waals surface area contributed by atoms with Crippen LogP contribution in [0.3, 0.4) is 0 Å². The van der Waals surface area contributed by atoms with Crippen molar-refractivity contribution >= 4 is 16.9 Å². The van der Waals surface area contributed by atoms with Crippen molar-refractivity contribution in [3.63, 3.8) is 0 Å². The number of rotatable bonds is 2. The van der Waals surface area contributed by atoms with Gasteiger partial charge >= 0.3 is 0 Å². The predicted molar refractivity (Wildman–Crippen MR) is 46.5 cm³/mol. The van der Waals surface area contributed by atoms with Crippen molar-refractivity contribution in [2.24, 2.45) is 4.63 Å². The number of H-pyrrole nitrogens is 1. The van der Waals surface area contributed by atoms with E-state index < -0.39 is 8.08 Å². The first-order chi connectivity index (χ1) is 4.93. The van der Waals surface area contributed by atoms with Gasteiger partial charge in [0.15, 0.2) is 8.08 Å². The monoisotopic (exact) mass is 166 g/mol. The van der Waals surface area contributed by atoms with Gasteiger partial charge in [-0.05, 0) is 19.2 Å². The van der Waals surface area contributed by atoms with Crippen LogP contribution in [0.15, 0.2) is 34.9 Å². The first kappa shape index (κ1) is 7.49. The molecule has 1 rings (SSSR count). The Labute approximate surface area is 63.9 Å². The van der Waals surface area contributed by atoms with Gasteiger partial charge in [0, 0.05) is 6.20 Å². The van der Waals surface area contributed by atoms with Crippen molar-refractivity contribution < 1.29 is 0 Å². The molecule has 0 aromatic carbocycles. The third kappa shape index (κ3) is 2.32. The van der Waals surface area contributed by atoms with E-state index in [0.29, 0.717) is 0 Å². The molecule has 0 fully saturated rings. The number of hydrogen-bond acceptors (Lipinski definition) is 1. The zero-order valence-electron chi connectivity index (χ0n) is 5.91. The molecule has 2 nitrogen and oxygen atoms in total. The summed E-state index contributed by atoms with van der Waals surface area (Å²) in [6.07, 6.45) is 5.87. The van der Waals surface area contributed by atoms with Gasteiger partial charge < -0.3 is 9.27 Å². The maximum absolute atomic E-state index is 4.29. The molecule has 1 heterocycles. The Balaban J connectivity index is 2.55. The minimum Gasteiger partial charge on any atom is -0.397 e. The molecule has 0 radical (unpaired) electrons. The minimum atomic E-state index is -0.405. The summed E-state index contributed by atoms with van der Waals surface area (Å²) in [7, 11) is -0.160. The molecule has 10 heavy (non-hydrogen) atoms. The van der Waals surface area contributed by atoms with Crippen LogP contribution in [0.1, 0.15) is 6.92 Å². The lowest BCUT2D eigenvalue weighted by Gasteiger charge is -1.76. The number of nitrogens with one attached hydrogen (secondary N) is 1. The predicted octanol–water partition coefficient (Wildman–Crippen LogP) is 0.957. The highest BCUT2D eigenvalue weighted by molar-refractivity contribution is 6.99. The van der Waals surface area contributed by atoms with Gasteiger partial charge in [0.25, 0.3) is 0 Å².